The first-order chi connectivity index (χ1) is 16.9. The van der Waals surface area contributed by atoms with E-state index in [-0.39, 0.29) is 17.9 Å². The van der Waals surface area contributed by atoms with Gasteiger partial charge in [-0.25, -0.2) is 0 Å². The summed E-state index contributed by atoms with van der Waals surface area (Å²) in [7, 11) is 3.31. The largest absolute Gasteiger partial charge is 0.351 e. The average Bonchev–Trinajstić information content (AvgIpc) is 3.67. The SMILES string of the molecule is CN(C)C(=O)[C@H](Cc1ccccc1)NC(=O)C1OC1C(=O)NC1CCN(Cc2ccccc2)CC1. The number of likely N-dealkylation sites (tertiary alicyclic amines) is 1. The van der Waals surface area contributed by atoms with Crippen LogP contribution in [0, 0.1) is 0 Å². The quantitative estimate of drug-likeness (QED) is 0.531. The molecule has 2 aliphatic rings. The van der Waals surface area contributed by atoms with E-state index in [9.17, 15) is 14.4 Å². The van der Waals surface area contributed by atoms with E-state index in [1.54, 1.807) is 14.1 Å². The van der Waals surface area contributed by atoms with Crippen molar-refractivity contribution in [2.75, 3.05) is 27.2 Å². The summed E-state index contributed by atoms with van der Waals surface area (Å²) >= 11 is 0. The van der Waals surface area contributed by atoms with Crippen LogP contribution in [0.25, 0.3) is 0 Å². The molecule has 2 fully saturated rings. The Hall–Kier alpha value is -3.23. The first-order valence-electron chi connectivity index (χ1n) is 12.2. The van der Waals surface area contributed by atoms with Crippen molar-refractivity contribution in [1.82, 2.24) is 20.4 Å². The van der Waals surface area contributed by atoms with Crippen LogP contribution in [0.1, 0.15) is 24.0 Å². The summed E-state index contributed by atoms with van der Waals surface area (Å²) < 4.78 is 5.41. The Labute approximate surface area is 206 Å². The number of hydrogen-bond acceptors (Lipinski definition) is 5. The molecule has 186 valence electrons. The highest BCUT2D eigenvalue weighted by Crippen LogP contribution is 2.24. The van der Waals surface area contributed by atoms with Gasteiger partial charge in [0.25, 0.3) is 11.8 Å². The minimum atomic E-state index is -0.860. The zero-order valence-electron chi connectivity index (χ0n) is 20.4. The number of benzene rings is 2. The Morgan fingerprint density at radius 1 is 0.914 bits per heavy atom. The molecule has 8 heteroatoms. The minimum Gasteiger partial charge on any atom is -0.351 e. The lowest BCUT2D eigenvalue weighted by Gasteiger charge is -2.32. The lowest BCUT2D eigenvalue weighted by atomic mass is 10.0. The van der Waals surface area contributed by atoms with Gasteiger partial charge in [-0.05, 0) is 24.0 Å². The molecule has 0 saturated carbocycles. The molecule has 2 aromatic rings. The van der Waals surface area contributed by atoms with Crippen LogP contribution in [0.3, 0.4) is 0 Å². The number of carbonyl (C=O) groups is 3. The number of piperidine rings is 1. The standard InChI is InChI=1S/C27H34N4O4/c1-30(2)27(34)22(17-19-9-5-3-6-10-19)29-26(33)24-23(35-24)25(32)28-21-13-15-31(16-14-21)18-20-11-7-4-8-12-20/h3-12,21-24H,13-18H2,1-2H3,(H,28,32)(H,29,33)/t22-,23?,24?/m0/s1. The normalized spacial score (nSPS) is 21.1. The molecular weight excluding hydrogens is 444 g/mol. The zero-order chi connectivity index (χ0) is 24.8. The highest BCUT2D eigenvalue weighted by atomic mass is 16.6. The van der Waals surface area contributed by atoms with Crippen LogP contribution in [-0.2, 0) is 32.1 Å². The van der Waals surface area contributed by atoms with E-state index < -0.39 is 24.2 Å². The van der Waals surface area contributed by atoms with Gasteiger partial charge in [0.15, 0.2) is 12.2 Å². The van der Waals surface area contributed by atoms with Gasteiger partial charge in [0.2, 0.25) is 5.91 Å². The Kier molecular flexibility index (Phi) is 8.15. The molecule has 0 spiro atoms. The van der Waals surface area contributed by atoms with Crippen LogP contribution < -0.4 is 10.6 Å². The van der Waals surface area contributed by atoms with Crippen molar-refractivity contribution in [2.24, 2.45) is 0 Å². The fourth-order valence-corrected chi connectivity index (χ4v) is 4.49. The fraction of sp³-hybridized carbons (Fsp3) is 0.444. The second kappa shape index (κ2) is 11.5. The number of ether oxygens (including phenoxy) is 1. The summed E-state index contributed by atoms with van der Waals surface area (Å²) in [5.41, 5.74) is 2.23. The molecule has 2 aromatic carbocycles. The highest BCUT2D eigenvalue weighted by Gasteiger charge is 2.51. The van der Waals surface area contributed by atoms with Crippen molar-refractivity contribution >= 4 is 17.7 Å². The van der Waals surface area contributed by atoms with Crippen LogP contribution in [-0.4, -0.2) is 79.0 Å². The predicted molar refractivity (Wildman–Crippen MR) is 132 cm³/mol. The van der Waals surface area contributed by atoms with Gasteiger partial charge in [0.05, 0.1) is 0 Å². The second-order valence-corrected chi connectivity index (χ2v) is 9.51. The zero-order valence-corrected chi connectivity index (χ0v) is 20.4. The molecule has 0 radical (unpaired) electrons. The minimum absolute atomic E-state index is 0.0728. The molecule has 0 aromatic heterocycles. The maximum Gasteiger partial charge on any atom is 0.253 e. The molecule has 3 atom stereocenters. The number of epoxide rings is 1. The predicted octanol–water partition coefficient (Wildman–Crippen LogP) is 1.35. The number of amides is 3. The molecule has 0 aliphatic carbocycles. The molecule has 2 unspecified atom stereocenters. The van der Waals surface area contributed by atoms with Gasteiger partial charge in [-0.2, -0.15) is 0 Å². The molecular formula is C27H34N4O4. The van der Waals surface area contributed by atoms with Crippen molar-refractivity contribution in [3.8, 4) is 0 Å². The lowest BCUT2D eigenvalue weighted by molar-refractivity contribution is -0.134. The van der Waals surface area contributed by atoms with Crippen molar-refractivity contribution in [3.05, 3.63) is 71.8 Å². The number of likely N-dealkylation sites (N-methyl/N-ethyl adjacent to an activating group) is 1. The van der Waals surface area contributed by atoms with Gasteiger partial charge in [0, 0.05) is 46.2 Å². The van der Waals surface area contributed by atoms with E-state index in [4.69, 9.17) is 4.74 Å². The Bertz CT molecular complexity index is 1010. The Morgan fingerprint density at radius 3 is 2.09 bits per heavy atom. The second-order valence-electron chi connectivity index (χ2n) is 9.51. The van der Waals surface area contributed by atoms with E-state index in [1.807, 2.05) is 48.5 Å². The van der Waals surface area contributed by atoms with E-state index in [2.05, 4.69) is 27.7 Å². The topological polar surface area (TPSA) is 94.3 Å². The molecule has 4 rings (SSSR count). The molecule has 35 heavy (non-hydrogen) atoms. The van der Waals surface area contributed by atoms with Crippen LogP contribution in [0.2, 0.25) is 0 Å². The van der Waals surface area contributed by atoms with Gasteiger partial charge in [-0.1, -0.05) is 60.7 Å². The molecule has 2 N–H and O–H groups in total. The number of hydrogen-bond donors (Lipinski definition) is 2. The molecule has 2 aliphatic heterocycles. The van der Waals surface area contributed by atoms with Crippen molar-refractivity contribution in [3.63, 3.8) is 0 Å². The van der Waals surface area contributed by atoms with Crippen LogP contribution >= 0.6 is 0 Å². The third kappa shape index (κ3) is 6.90. The van der Waals surface area contributed by atoms with Crippen LogP contribution in [0.5, 0.6) is 0 Å². The summed E-state index contributed by atoms with van der Waals surface area (Å²) in [6, 6.07) is 19.2. The first-order valence-corrected chi connectivity index (χ1v) is 12.2. The summed E-state index contributed by atoms with van der Waals surface area (Å²) in [5.74, 6) is -0.893. The number of nitrogens with one attached hydrogen (secondary N) is 2. The van der Waals surface area contributed by atoms with E-state index in [0.29, 0.717) is 6.42 Å². The van der Waals surface area contributed by atoms with Crippen molar-refractivity contribution in [1.29, 1.82) is 0 Å². The highest BCUT2D eigenvalue weighted by molar-refractivity contribution is 5.97. The van der Waals surface area contributed by atoms with Gasteiger partial charge < -0.3 is 20.3 Å². The van der Waals surface area contributed by atoms with Gasteiger partial charge in [-0.3, -0.25) is 19.3 Å². The number of carbonyl (C=O) groups excluding carboxylic acids is 3. The summed E-state index contributed by atoms with van der Waals surface area (Å²) in [6.45, 7) is 2.72. The monoisotopic (exact) mass is 478 g/mol. The van der Waals surface area contributed by atoms with E-state index >= 15 is 0 Å². The Morgan fingerprint density at radius 2 is 1.49 bits per heavy atom. The smallest absolute Gasteiger partial charge is 0.253 e. The Balaban J connectivity index is 1.23. The average molecular weight is 479 g/mol. The molecule has 2 saturated heterocycles. The van der Waals surface area contributed by atoms with E-state index in [0.717, 1.165) is 38.0 Å². The summed E-state index contributed by atoms with van der Waals surface area (Å²) in [4.78, 5) is 41.9. The van der Waals surface area contributed by atoms with Crippen molar-refractivity contribution < 1.29 is 19.1 Å². The number of nitrogens with zero attached hydrogens (tertiary/aromatic N) is 2. The lowest BCUT2D eigenvalue weighted by Crippen LogP contribution is -2.50. The van der Waals surface area contributed by atoms with Gasteiger partial charge in [0.1, 0.15) is 6.04 Å². The third-order valence-electron chi connectivity index (χ3n) is 6.53. The maximum absolute atomic E-state index is 12.8. The maximum atomic E-state index is 12.8. The summed E-state index contributed by atoms with van der Waals surface area (Å²) in [6.07, 6.45) is 0.428. The van der Waals surface area contributed by atoms with Gasteiger partial charge in [-0.15, -0.1) is 0 Å². The molecule has 3 amide bonds. The third-order valence-corrected chi connectivity index (χ3v) is 6.53. The van der Waals surface area contributed by atoms with Crippen LogP contribution in [0.15, 0.2) is 60.7 Å². The molecule has 2 heterocycles. The van der Waals surface area contributed by atoms with Crippen molar-refractivity contribution in [2.45, 2.75) is 50.1 Å². The summed E-state index contributed by atoms with van der Waals surface area (Å²) in [5, 5.41) is 5.82. The van der Waals surface area contributed by atoms with Gasteiger partial charge >= 0.3 is 0 Å². The molecule has 8 nitrogen and oxygen atoms in total. The van der Waals surface area contributed by atoms with Crippen LogP contribution in [0.4, 0.5) is 0 Å². The van der Waals surface area contributed by atoms with E-state index in [1.165, 1.54) is 10.5 Å². The molecule has 0 bridgehead atoms. The first kappa shape index (κ1) is 24.9. The number of rotatable bonds is 9. The fourth-order valence-electron chi connectivity index (χ4n) is 4.49.